The van der Waals surface area contributed by atoms with Gasteiger partial charge in [-0.2, -0.15) is 0 Å². The topological polar surface area (TPSA) is 73.4 Å². The van der Waals surface area contributed by atoms with Gasteiger partial charge in [0.1, 0.15) is 12.0 Å². The molecule has 2 atom stereocenters. The smallest absolute Gasteiger partial charge is 0.142 e. The molecule has 1 aliphatic rings. The zero-order valence-electron chi connectivity index (χ0n) is 20.9. The lowest BCUT2D eigenvalue weighted by molar-refractivity contribution is 0.444. The second-order valence-electron chi connectivity index (χ2n) is 7.46. The molecular formula is C27H40N6. The van der Waals surface area contributed by atoms with Crippen LogP contribution >= 0.6 is 0 Å². The number of hydrogen-bond acceptors (Lipinski definition) is 5. The van der Waals surface area contributed by atoms with E-state index < -0.39 is 0 Å². The van der Waals surface area contributed by atoms with E-state index in [1.807, 2.05) is 57.4 Å². The zero-order valence-corrected chi connectivity index (χ0v) is 20.9. The highest BCUT2D eigenvalue weighted by Gasteiger charge is 2.24. The third kappa shape index (κ3) is 7.01. The predicted molar refractivity (Wildman–Crippen MR) is 143 cm³/mol. The summed E-state index contributed by atoms with van der Waals surface area (Å²) in [5, 5.41) is 15.8. The van der Waals surface area contributed by atoms with E-state index in [1.165, 1.54) is 11.8 Å². The molecule has 0 radical (unpaired) electrons. The van der Waals surface area contributed by atoms with Crippen LogP contribution in [0.2, 0.25) is 0 Å². The van der Waals surface area contributed by atoms with Gasteiger partial charge in [-0.1, -0.05) is 64.1 Å². The van der Waals surface area contributed by atoms with Crippen molar-refractivity contribution in [3.63, 3.8) is 0 Å². The molecule has 0 bridgehead atoms. The lowest BCUT2D eigenvalue weighted by Gasteiger charge is -2.30. The van der Waals surface area contributed by atoms with Crippen molar-refractivity contribution in [3.05, 3.63) is 72.1 Å². The maximum atomic E-state index is 4.59. The molecule has 2 unspecified atom stereocenters. The summed E-state index contributed by atoms with van der Waals surface area (Å²) in [7, 11) is 3.79. The van der Waals surface area contributed by atoms with Crippen molar-refractivity contribution in [2.45, 2.75) is 52.9 Å². The fourth-order valence-electron chi connectivity index (χ4n) is 3.69. The number of pyridine rings is 1. The molecule has 0 saturated heterocycles. The summed E-state index contributed by atoms with van der Waals surface area (Å²) in [4.78, 5) is 8.97. The normalized spacial score (nSPS) is 16.3. The van der Waals surface area contributed by atoms with Gasteiger partial charge in [-0.25, -0.2) is 0 Å². The highest BCUT2D eigenvalue weighted by Crippen LogP contribution is 2.29. The molecule has 33 heavy (non-hydrogen) atoms. The van der Waals surface area contributed by atoms with Crippen molar-refractivity contribution in [2.24, 2.45) is 4.99 Å². The number of nitrogens with one attached hydrogen (secondary N) is 4. The second kappa shape index (κ2) is 14.2. The van der Waals surface area contributed by atoms with Gasteiger partial charge in [0.15, 0.2) is 0 Å². The Morgan fingerprint density at radius 2 is 1.73 bits per heavy atom. The molecule has 178 valence electrons. The maximum absolute atomic E-state index is 4.59. The monoisotopic (exact) mass is 448 g/mol. The maximum Gasteiger partial charge on any atom is 0.142 e. The molecule has 0 saturated carbocycles. The van der Waals surface area contributed by atoms with E-state index in [0.717, 1.165) is 41.1 Å². The Morgan fingerprint density at radius 1 is 1.00 bits per heavy atom. The molecular weight excluding hydrogens is 408 g/mol. The first-order chi connectivity index (χ1) is 16.2. The standard InChI is InChI=1S/C18H16N4.C7H18N2.C2H6/c1-19-17-14-8-4-5-9-15(14)21-18(22-17)16-13-7-3-2-6-12(13)10-11-20-16;1-4-6-9-7(5-2)8-3;1-2/h2-11,18,21H,1H3,(H,19,22);7-9H,4-6H2,1-3H3;1-2H3. The van der Waals surface area contributed by atoms with Gasteiger partial charge in [-0.05, 0) is 50.0 Å². The largest absolute Gasteiger partial charge is 0.360 e. The Balaban J connectivity index is 0.000000299. The molecule has 1 aromatic heterocycles. The van der Waals surface area contributed by atoms with Crippen molar-refractivity contribution in [1.29, 1.82) is 0 Å². The number of para-hydroxylation sites is 1. The quantitative estimate of drug-likeness (QED) is 0.386. The summed E-state index contributed by atoms with van der Waals surface area (Å²) in [6, 6.07) is 18.5. The Morgan fingerprint density at radius 3 is 2.42 bits per heavy atom. The Hall–Kier alpha value is -2.96. The molecule has 6 heteroatoms. The van der Waals surface area contributed by atoms with Gasteiger partial charge in [-0.3, -0.25) is 9.98 Å². The third-order valence-corrected chi connectivity index (χ3v) is 5.36. The van der Waals surface area contributed by atoms with Crippen molar-refractivity contribution in [2.75, 3.05) is 26.0 Å². The summed E-state index contributed by atoms with van der Waals surface area (Å²) in [5.74, 6) is 0.883. The van der Waals surface area contributed by atoms with Gasteiger partial charge in [-0.15, -0.1) is 0 Å². The highest BCUT2D eigenvalue weighted by molar-refractivity contribution is 6.05. The number of nitrogens with zero attached hydrogens (tertiary/aromatic N) is 2. The number of rotatable bonds is 6. The van der Waals surface area contributed by atoms with Crippen molar-refractivity contribution in [3.8, 4) is 0 Å². The first-order valence-corrected chi connectivity index (χ1v) is 12.0. The van der Waals surface area contributed by atoms with Crippen LogP contribution in [0.5, 0.6) is 0 Å². The van der Waals surface area contributed by atoms with Crippen molar-refractivity contribution < 1.29 is 0 Å². The van der Waals surface area contributed by atoms with E-state index in [4.69, 9.17) is 0 Å². The number of aromatic nitrogens is 1. The van der Waals surface area contributed by atoms with Crippen LogP contribution in [0.4, 0.5) is 5.69 Å². The predicted octanol–water partition coefficient (Wildman–Crippen LogP) is 5.29. The Labute approximate surface area is 199 Å². The molecule has 1 aliphatic heterocycles. The fourth-order valence-corrected chi connectivity index (χ4v) is 3.69. The minimum absolute atomic E-state index is 0.0975. The average molecular weight is 449 g/mol. The molecule has 0 spiro atoms. The van der Waals surface area contributed by atoms with Crippen molar-refractivity contribution in [1.82, 2.24) is 20.9 Å². The van der Waals surface area contributed by atoms with E-state index in [2.05, 4.69) is 69.4 Å². The van der Waals surface area contributed by atoms with Crippen molar-refractivity contribution >= 4 is 22.3 Å². The summed E-state index contributed by atoms with van der Waals surface area (Å²) in [6.07, 6.45) is 4.61. The van der Waals surface area contributed by atoms with E-state index in [1.54, 1.807) is 7.05 Å². The van der Waals surface area contributed by atoms with Crippen LogP contribution in [0, 0.1) is 0 Å². The SMILES string of the molecule is CC.CCCNC(CC)NC.CN=C1NC(c2nccc3ccccc23)Nc2ccccc21. The average Bonchev–Trinajstić information content (AvgIpc) is 2.90. The summed E-state index contributed by atoms with van der Waals surface area (Å²) < 4.78 is 0. The number of hydrogen-bond donors (Lipinski definition) is 4. The van der Waals surface area contributed by atoms with Gasteiger partial charge < -0.3 is 21.3 Å². The first kappa shape index (κ1) is 26.3. The van der Waals surface area contributed by atoms with Gasteiger partial charge >= 0.3 is 0 Å². The number of aliphatic imine (C=N–C) groups is 1. The van der Waals surface area contributed by atoms with Gasteiger partial charge in [0.25, 0.3) is 0 Å². The minimum atomic E-state index is -0.0975. The summed E-state index contributed by atoms with van der Waals surface area (Å²) >= 11 is 0. The van der Waals surface area contributed by atoms with Gasteiger partial charge in [0.2, 0.25) is 0 Å². The molecule has 0 aliphatic carbocycles. The number of benzene rings is 2. The number of amidine groups is 1. The fraction of sp³-hybridized carbons (Fsp3) is 0.407. The number of fused-ring (bicyclic) bond motifs is 2. The highest BCUT2D eigenvalue weighted by atomic mass is 15.2. The van der Waals surface area contributed by atoms with E-state index in [9.17, 15) is 0 Å². The van der Waals surface area contributed by atoms with Crippen LogP contribution < -0.4 is 21.3 Å². The molecule has 4 rings (SSSR count). The lowest BCUT2D eigenvalue weighted by Crippen LogP contribution is -2.39. The van der Waals surface area contributed by atoms with Gasteiger partial charge in [0, 0.05) is 29.9 Å². The third-order valence-electron chi connectivity index (χ3n) is 5.36. The molecule has 4 N–H and O–H groups in total. The van der Waals surface area contributed by atoms with E-state index >= 15 is 0 Å². The van der Waals surface area contributed by atoms with Crippen LogP contribution in [0.25, 0.3) is 10.8 Å². The lowest BCUT2D eigenvalue weighted by atomic mass is 10.0. The Kier molecular flexibility index (Phi) is 11.3. The van der Waals surface area contributed by atoms with E-state index in [0.29, 0.717) is 6.17 Å². The van der Waals surface area contributed by atoms with Crippen LogP contribution in [-0.2, 0) is 0 Å². The second-order valence-corrected chi connectivity index (χ2v) is 7.46. The summed E-state index contributed by atoms with van der Waals surface area (Å²) in [6.45, 7) is 9.46. The van der Waals surface area contributed by atoms with Gasteiger partial charge in [0.05, 0.1) is 11.9 Å². The van der Waals surface area contributed by atoms with Crippen LogP contribution in [0.3, 0.4) is 0 Å². The molecule has 0 amide bonds. The summed E-state index contributed by atoms with van der Waals surface area (Å²) in [5.41, 5.74) is 3.14. The van der Waals surface area contributed by atoms with E-state index in [-0.39, 0.29) is 6.17 Å². The Bertz CT molecular complexity index is 991. The molecule has 6 nitrogen and oxygen atoms in total. The molecule has 0 fully saturated rings. The molecule has 2 heterocycles. The van der Waals surface area contributed by atoms with Crippen LogP contribution in [0.1, 0.15) is 58.0 Å². The first-order valence-electron chi connectivity index (χ1n) is 12.0. The minimum Gasteiger partial charge on any atom is -0.360 e. The van der Waals surface area contributed by atoms with Crippen LogP contribution in [-0.4, -0.2) is 37.6 Å². The zero-order chi connectivity index (χ0) is 24.1. The number of anilines is 1. The van der Waals surface area contributed by atoms with Crippen LogP contribution in [0.15, 0.2) is 65.8 Å². The molecule has 3 aromatic rings. The molecule has 2 aromatic carbocycles.